The SMILES string of the molecule is Cc1cnc2c(NC(=O)c3ncc(C)o3)cc(C(=O)CC[C@](C)(O)c3cc4c(c(-c5ccc(F)cc5)n3)OC[C@]4(C)C(N)=O)cc2c1. The number of ether oxygens (including phenoxy) is 1. The van der Waals surface area contributed by atoms with Crippen LogP contribution in [0.4, 0.5) is 10.1 Å². The van der Waals surface area contributed by atoms with Crippen LogP contribution < -0.4 is 15.8 Å². The molecule has 3 aromatic heterocycles. The lowest BCUT2D eigenvalue weighted by Crippen LogP contribution is -2.40. The van der Waals surface area contributed by atoms with Crippen LogP contribution in [0.5, 0.6) is 5.75 Å². The zero-order valence-corrected chi connectivity index (χ0v) is 26.2. The summed E-state index contributed by atoms with van der Waals surface area (Å²) in [6.45, 7) is 6.68. The summed E-state index contributed by atoms with van der Waals surface area (Å²) < 4.78 is 25.0. The Bertz CT molecular complexity index is 2070. The number of primary amides is 1. The lowest BCUT2D eigenvalue weighted by molar-refractivity contribution is -0.123. The molecule has 0 bridgehead atoms. The molecule has 0 radical (unpaired) electrons. The first-order valence-corrected chi connectivity index (χ1v) is 14.9. The molecule has 240 valence electrons. The standard InChI is InChI=1S/C35H32FN5O6/c1-18-11-22-12-21(13-25(28(22)38-15-18)40-31(43)32-39-16-19(2)47-32)26(42)9-10-35(4,45)27-14-24-30(46-17-34(24,3)33(37)44)29(41-27)20-5-7-23(36)8-6-20/h5-8,11-16,45H,9-10,17H2,1-4H3,(H2,37,44)(H,40,43)/t34-,35-/m0/s1. The van der Waals surface area contributed by atoms with E-state index in [1.54, 1.807) is 32.2 Å². The number of hydrogen-bond acceptors (Lipinski definition) is 9. The van der Waals surface area contributed by atoms with Crippen molar-refractivity contribution in [2.45, 2.75) is 51.6 Å². The number of nitrogens with one attached hydrogen (secondary N) is 1. The van der Waals surface area contributed by atoms with Crippen molar-refractivity contribution in [1.82, 2.24) is 15.0 Å². The summed E-state index contributed by atoms with van der Waals surface area (Å²) >= 11 is 0. The third-order valence-electron chi connectivity index (χ3n) is 8.43. The number of carbonyl (C=O) groups is 3. The molecule has 0 unspecified atom stereocenters. The Morgan fingerprint density at radius 1 is 1.09 bits per heavy atom. The van der Waals surface area contributed by atoms with Crippen LogP contribution in [0.15, 0.2) is 65.3 Å². The van der Waals surface area contributed by atoms with Gasteiger partial charge in [-0.3, -0.25) is 19.4 Å². The average molecular weight is 638 g/mol. The van der Waals surface area contributed by atoms with Crippen LogP contribution in [0.2, 0.25) is 0 Å². The maximum atomic E-state index is 13.7. The van der Waals surface area contributed by atoms with Gasteiger partial charge in [-0.05, 0) is 88.2 Å². The van der Waals surface area contributed by atoms with E-state index < -0.39 is 28.6 Å². The number of Topliss-reactive ketones (excluding diaryl/α,β-unsaturated/α-hetero) is 1. The van der Waals surface area contributed by atoms with Gasteiger partial charge in [0.05, 0.1) is 23.1 Å². The number of rotatable bonds is 9. The molecular formula is C35H32FN5O6. The Kier molecular flexibility index (Phi) is 7.84. The number of aryl methyl sites for hydroxylation is 2. The van der Waals surface area contributed by atoms with E-state index in [4.69, 9.17) is 14.9 Å². The molecule has 0 saturated heterocycles. The minimum atomic E-state index is -1.64. The van der Waals surface area contributed by atoms with Gasteiger partial charge < -0.3 is 25.3 Å². The molecule has 5 aromatic rings. The second-order valence-corrected chi connectivity index (χ2v) is 12.3. The minimum Gasteiger partial charge on any atom is -0.489 e. The van der Waals surface area contributed by atoms with Gasteiger partial charge in [-0.1, -0.05) is 0 Å². The summed E-state index contributed by atoms with van der Waals surface area (Å²) in [4.78, 5) is 52.2. The summed E-state index contributed by atoms with van der Waals surface area (Å²) in [5.74, 6) is -1.29. The molecule has 0 fully saturated rings. The summed E-state index contributed by atoms with van der Waals surface area (Å²) in [6.07, 6.45) is 2.94. The van der Waals surface area contributed by atoms with E-state index in [-0.39, 0.29) is 36.8 Å². The van der Waals surface area contributed by atoms with E-state index in [1.165, 1.54) is 43.5 Å². The first-order chi connectivity index (χ1) is 22.2. The topological polar surface area (TPSA) is 171 Å². The fraction of sp³-hybridized carbons (Fsp3) is 0.257. The van der Waals surface area contributed by atoms with Gasteiger partial charge in [-0.15, -0.1) is 0 Å². The summed E-state index contributed by atoms with van der Waals surface area (Å²) in [5.41, 5.74) is 6.32. The molecule has 12 heteroatoms. The van der Waals surface area contributed by atoms with Crippen molar-refractivity contribution >= 4 is 34.2 Å². The molecule has 1 aliphatic rings. The Labute approximate surface area is 269 Å². The molecule has 4 heterocycles. The maximum Gasteiger partial charge on any atom is 0.311 e. The molecule has 2 aromatic carbocycles. The highest BCUT2D eigenvalue weighted by atomic mass is 19.1. The number of hydrogen-bond donors (Lipinski definition) is 3. The molecule has 2 amide bonds. The van der Waals surface area contributed by atoms with Crippen molar-refractivity contribution in [2.75, 3.05) is 11.9 Å². The molecule has 47 heavy (non-hydrogen) atoms. The zero-order chi connectivity index (χ0) is 33.7. The Morgan fingerprint density at radius 2 is 1.83 bits per heavy atom. The molecular weight excluding hydrogens is 605 g/mol. The number of ketones is 1. The third kappa shape index (κ3) is 5.95. The van der Waals surface area contributed by atoms with Crippen molar-refractivity contribution in [1.29, 1.82) is 0 Å². The average Bonchev–Trinajstić information content (AvgIpc) is 3.63. The van der Waals surface area contributed by atoms with Crippen molar-refractivity contribution in [3.05, 3.63) is 101 Å². The first-order valence-electron chi connectivity index (χ1n) is 14.9. The highest BCUT2D eigenvalue weighted by Crippen LogP contribution is 2.46. The molecule has 6 rings (SSSR count). The predicted octanol–water partition coefficient (Wildman–Crippen LogP) is 5.30. The van der Waals surface area contributed by atoms with Crippen molar-refractivity contribution in [3.63, 3.8) is 0 Å². The molecule has 0 aliphatic carbocycles. The number of amides is 2. The quantitative estimate of drug-likeness (QED) is 0.182. The Morgan fingerprint density at radius 3 is 2.51 bits per heavy atom. The molecule has 2 atom stereocenters. The lowest BCUT2D eigenvalue weighted by Gasteiger charge is -2.26. The maximum absolute atomic E-state index is 13.7. The highest BCUT2D eigenvalue weighted by molar-refractivity contribution is 6.09. The van der Waals surface area contributed by atoms with E-state index in [9.17, 15) is 23.9 Å². The number of fused-ring (bicyclic) bond motifs is 2. The van der Waals surface area contributed by atoms with Crippen LogP contribution in [0.3, 0.4) is 0 Å². The molecule has 4 N–H and O–H groups in total. The largest absolute Gasteiger partial charge is 0.489 e. The van der Waals surface area contributed by atoms with Gasteiger partial charge in [0.1, 0.15) is 40.6 Å². The number of aliphatic hydroxyl groups is 1. The second-order valence-electron chi connectivity index (χ2n) is 12.3. The van der Waals surface area contributed by atoms with Crippen molar-refractivity contribution in [2.24, 2.45) is 5.73 Å². The first kappa shape index (κ1) is 31.5. The van der Waals surface area contributed by atoms with Crippen LogP contribution in [-0.4, -0.2) is 44.3 Å². The Hall–Kier alpha value is -5.49. The van der Waals surface area contributed by atoms with Gasteiger partial charge in [0.15, 0.2) is 5.78 Å². The smallest absolute Gasteiger partial charge is 0.311 e. The number of halogens is 1. The number of carbonyl (C=O) groups excluding carboxylic acids is 3. The van der Waals surface area contributed by atoms with Crippen molar-refractivity contribution < 1.29 is 33.0 Å². The van der Waals surface area contributed by atoms with Crippen molar-refractivity contribution in [3.8, 4) is 17.0 Å². The van der Waals surface area contributed by atoms with Gasteiger partial charge in [-0.2, -0.15) is 0 Å². The number of anilines is 1. The van der Waals surface area contributed by atoms with E-state index in [1.807, 2.05) is 13.0 Å². The Balaban J connectivity index is 1.32. The number of benzene rings is 2. The summed E-state index contributed by atoms with van der Waals surface area (Å²) in [5, 5.41) is 15.1. The van der Waals surface area contributed by atoms with E-state index >= 15 is 0 Å². The third-order valence-corrected chi connectivity index (χ3v) is 8.43. The minimum absolute atomic E-state index is 0.0254. The molecule has 0 spiro atoms. The van der Waals surface area contributed by atoms with Gasteiger partial charge in [-0.25, -0.2) is 14.4 Å². The molecule has 11 nitrogen and oxygen atoms in total. The molecule has 1 aliphatic heterocycles. The van der Waals surface area contributed by atoms with E-state index in [2.05, 4.69) is 20.3 Å². The fourth-order valence-corrected chi connectivity index (χ4v) is 5.55. The number of nitrogens with two attached hydrogens (primary N) is 1. The normalized spacial score (nSPS) is 16.7. The van der Waals surface area contributed by atoms with E-state index in [0.29, 0.717) is 50.5 Å². The van der Waals surface area contributed by atoms with E-state index in [0.717, 1.165) is 5.56 Å². The number of oxazole rings is 1. The highest BCUT2D eigenvalue weighted by Gasteiger charge is 2.45. The number of pyridine rings is 2. The van der Waals surface area contributed by atoms with Crippen LogP contribution >= 0.6 is 0 Å². The summed E-state index contributed by atoms with van der Waals surface area (Å²) in [7, 11) is 0. The lowest BCUT2D eigenvalue weighted by atomic mass is 9.81. The predicted molar refractivity (Wildman–Crippen MR) is 170 cm³/mol. The summed E-state index contributed by atoms with van der Waals surface area (Å²) in [6, 6.07) is 12.3. The van der Waals surface area contributed by atoms with Crippen LogP contribution in [0.1, 0.15) is 70.3 Å². The number of nitrogens with zero attached hydrogens (tertiary/aromatic N) is 3. The van der Waals surface area contributed by atoms with Crippen LogP contribution in [0, 0.1) is 19.7 Å². The fourth-order valence-electron chi connectivity index (χ4n) is 5.55. The van der Waals surface area contributed by atoms with Crippen LogP contribution in [0.25, 0.3) is 22.2 Å². The molecule has 0 saturated carbocycles. The van der Waals surface area contributed by atoms with Gasteiger partial charge >= 0.3 is 5.91 Å². The van der Waals surface area contributed by atoms with Gasteiger partial charge in [0.25, 0.3) is 5.89 Å². The van der Waals surface area contributed by atoms with Crippen LogP contribution in [-0.2, 0) is 15.8 Å². The zero-order valence-electron chi connectivity index (χ0n) is 26.2. The monoisotopic (exact) mass is 637 g/mol. The second kappa shape index (κ2) is 11.7. The van der Waals surface area contributed by atoms with Gasteiger partial charge in [0, 0.05) is 34.7 Å². The van der Waals surface area contributed by atoms with Gasteiger partial charge in [0.2, 0.25) is 5.91 Å². The number of aromatic nitrogens is 3.